The first-order valence-electron chi connectivity index (χ1n) is 8.05. The maximum absolute atomic E-state index is 12.5. The highest BCUT2D eigenvalue weighted by atomic mass is 35.5. The van der Waals surface area contributed by atoms with Gasteiger partial charge < -0.3 is 11.1 Å². The predicted molar refractivity (Wildman–Crippen MR) is 108 cm³/mol. The zero-order valence-electron chi connectivity index (χ0n) is 15.5. The molecule has 0 fully saturated rings. The van der Waals surface area contributed by atoms with Crippen molar-refractivity contribution < 1.29 is 9.59 Å². The third kappa shape index (κ3) is 4.61. The summed E-state index contributed by atoms with van der Waals surface area (Å²) in [6, 6.07) is 4.64. The van der Waals surface area contributed by atoms with Crippen LogP contribution in [0, 0.1) is 0 Å². The van der Waals surface area contributed by atoms with E-state index in [1.54, 1.807) is 12.1 Å². The summed E-state index contributed by atoms with van der Waals surface area (Å²) < 4.78 is 1.83. The van der Waals surface area contributed by atoms with Gasteiger partial charge in [-0.3, -0.25) is 28.4 Å². The molecule has 2 rings (SSSR count). The van der Waals surface area contributed by atoms with Crippen molar-refractivity contribution in [3.05, 3.63) is 54.6 Å². The maximum atomic E-state index is 12.5. The minimum atomic E-state index is -0.778. The zero-order chi connectivity index (χ0) is 21.2. The predicted octanol–water partition coefficient (Wildman–Crippen LogP) is 0.726. The summed E-state index contributed by atoms with van der Waals surface area (Å²) in [5.74, 6) is -1.21. The van der Waals surface area contributed by atoms with E-state index in [4.69, 9.17) is 28.9 Å². The van der Waals surface area contributed by atoms with Gasteiger partial charge in [0.2, 0.25) is 5.91 Å². The lowest BCUT2D eigenvalue weighted by Gasteiger charge is -2.17. The van der Waals surface area contributed by atoms with E-state index >= 15 is 0 Å². The Hall–Kier alpha value is -2.62. The number of nitrogens with two attached hydrogens (primary N) is 1. The largest absolute Gasteiger partial charge is 0.384 e. The zero-order valence-corrected chi connectivity index (χ0v) is 17.0. The second-order valence-corrected chi connectivity index (χ2v) is 7.05. The van der Waals surface area contributed by atoms with Crippen molar-refractivity contribution in [1.82, 2.24) is 14.0 Å². The van der Waals surface area contributed by atoms with Gasteiger partial charge in [0.1, 0.15) is 11.4 Å². The van der Waals surface area contributed by atoms with Crippen molar-refractivity contribution in [1.29, 1.82) is 0 Å². The number of likely N-dealkylation sites (N-methyl/N-ethyl adjacent to an activating group) is 1. The van der Waals surface area contributed by atoms with Gasteiger partial charge in [0.15, 0.2) is 5.78 Å². The molecule has 28 heavy (non-hydrogen) atoms. The first kappa shape index (κ1) is 21.7. The number of halogens is 2. The van der Waals surface area contributed by atoms with Crippen molar-refractivity contribution in [2.75, 3.05) is 31.2 Å². The van der Waals surface area contributed by atoms with Gasteiger partial charge in [-0.1, -0.05) is 23.2 Å². The number of amides is 1. The minimum absolute atomic E-state index is 0.127. The molecule has 0 saturated carbocycles. The SMILES string of the molecule is CN(CC(=O)Nc1ccc(Cl)c(Cl)c1)CC(=O)c1c(N)n(C)c(=O)n(C)c1=O. The van der Waals surface area contributed by atoms with Gasteiger partial charge in [0.25, 0.3) is 5.56 Å². The van der Waals surface area contributed by atoms with Crippen LogP contribution in [0.5, 0.6) is 0 Å². The number of carbonyl (C=O) groups excluding carboxylic acids is 2. The number of nitrogens with one attached hydrogen (secondary N) is 1. The lowest BCUT2D eigenvalue weighted by atomic mass is 10.2. The van der Waals surface area contributed by atoms with Gasteiger partial charge in [-0.05, 0) is 25.2 Å². The molecule has 2 aromatic rings. The Morgan fingerprint density at radius 3 is 2.36 bits per heavy atom. The van der Waals surface area contributed by atoms with E-state index in [0.29, 0.717) is 15.7 Å². The third-order valence-electron chi connectivity index (χ3n) is 4.02. The van der Waals surface area contributed by atoms with Crippen molar-refractivity contribution >= 4 is 46.4 Å². The molecule has 1 aromatic heterocycles. The van der Waals surface area contributed by atoms with Gasteiger partial charge >= 0.3 is 5.69 Å². The van der Waals surface area contributed by atoms with E-state index in [2.05, 4.69) is 5.32 Å². The van der Waals surface area contributed by atoms with Gasteiger partial charge in [-0.2, -0.15) is 0 Å². The van der Waals surface area contributed by atoms with Gasteiger partial charge in [-0.15, -0.1) is 0 Å². The molecular weight excluding hydrogens is 409 g/mol. The van der Waals surface area contributed by atoms with Gasteiger partial charge in [0, 0.05) is 19.8 Å². The molecule has 0 bridgehead atoms. The van der Waals surface area contributed by atoms with Crippen molar-refractivity contribution in [2.45, 2.75) is 0 Å². The molecule has 0 radical (unpaired) electrons. The van der Waals surface area contributed by atoms with E-state index in [1.165, 1.54) is 32.1 Å². The second kappa shape index (κ2) is 8.59. The van der Waals surface area contributed by atoms with Crippen LogP contribution in [0.1, 0.15) is 10.4 Å². The second-order valence-electron chi connectivity index (χ2n) is 6.24. The number of rotatable bonds is 6. The average molecular weight is 428 g/mol. The van der Waals surface area contributed by atoms with E-state index < -0.39 is 22.9 Å². The van der Waals surface area contributed by atoms with Crippen LogP contribution >= 0.6 is 23.2 Å². The highest BCUT2D eigenvalue weighted by Crippen LogP contribution is 2.24. The maximum Gasteiger partial charge on any atom is 0.332 e. The Morgan fingerprint density at radius 2 is 1.75 bits per heavy atom. The molecule has 0 aliphatic heterocycles. The molecule has 11 heteroatoms. The Labute approximate surface area is 170 Å². The highest BCUT2D eigenvalue weighted by molar-refractivity contribution is 6.42. The monoisotopic (exact) mass is 427 g/mol. The number of aromatic nitrogens is 2. The van der Waals surface area contributed by atoms with Crippen LogP contribution in [-0.2, 0) is 18.9 Å². The molecule has 1 amide bonds. The summed E-state index contributed by atoms with van der Waals surface area (Å²) >= 11 is 11.7. The fourth-order valence-electron chi connectivity index (χ4n) is 2.52. The summed E-state index contributed by atoms with van der Waals surface area (Å²) in [6.45, 7) is -0.371. The van der Waals surface area contributed by atoms with Crippen molar-refractivity contribution in [3.8, 4) is 0 Å². The molecule has 0 spiro atoms. The topological polar surface area (TPSA) is 119 Å². The lowest BCUT2D eigenvalue weighted by Crippen LogP contribution is -2.43. The summed E-state index contributed by atoms with van der Waals surface area (Å²) in [4.78, 5) is 50.1. The summed E-state index contributed by atoms with van der Waals surface area (Å²) in [7, 11) is 4.16. The van der Waals surface area contributed by atoms with E-state index in [9.17, 15) is 19.2 Å². The van der Waals surface area contributed by atoms with Crippen LogP contribution in [0.15, 0.2) is 27.8 Å². The number of carbonyl (C=O) groups is 2. The molecular formula is C17H19Cl2N5O4. The summed E-state index contributed by atoms with van der Waals surface area (Å²) in [5.41, 5.74) is 4.52. The van der Waals surface area contributed by atoms with Crippen LogP contribution in [0.2, 0.25) is 10.0 Å². The normalized spacial score (nSPS) is 10.9. The van der Waals surface area contributed by atoms with Gasteiger partial charge in [-0.25, -0.2) is 4.79 Å². The number of hydrogen-bond acceptors (Lipinski definition) is 6. The average Bonchev–Trinajstić information content (AvgIpc) is 2.61. The Morgan fingerprint density at radius 1 is 1.11 bits per heavy atom. The number of nitrogens with zero attached hydrogens (tertiary/aromatic N) is 3. The molecule has 1 heterocycles. The molecule has 0 atom stereocenters. The molecule has 0 saturated heterocycles. The van der Waals surface area contributed by atoms with Crippen LogP contribution in [0.3, 0.4) is 0 Å². The Bertz CT molecular complexity index is 1060. The van der Waals surface area contributed by atoms with Crippen molar-refractivity contribution in [2.24, 2.45) is 14.1 Å². The number of anilines is 2. The van der Waals surface area contributed by atoms with E-state index in [0.717, 1.165) is 9.13 Å². The number of nitrogen functional groups attached to an aromatic ring is 1. The number of ketones is 1. The highest BCUT2D eigenvalue weighted by Gasteiger charge is 2.22. The first-order chi connectivity index (χ1) is 13.0. The quantitative estimate of drug-likeness (QED) is 0.655. The van der Waals surface area contributed by atoms with Crippen LogP contribution in [0.25, 0.3) is 0 Å². The van der Waals surface area contributed by atoms with E-state index in [1.807, 2.05) is 0 Å². The number of Topliss-reactive ketones (excluding diaryl/α,β-unsaturated/α-hetero) is 1. The molecule has 3 N–H and O–H groups in total. The third-order valence-corrected chi connectivity index (χ3v) is 4.76. The number of hydrogen-bond donors (Lipinski definition) is 2. The fraction of sp³-hybridized carbons (Fsp3) is 0.294. The fourth-order valence-corrected chi connectivity index (χ4v) is 2.82. The molecule has 150 valence electrons. The smallest absolute Gasteiger partial charge is 0.332 e. The Kier molecular flexibility index (Phi) is 6.65. The van der Waals surface area contributed by atoms with Crippen LogP contribution in [-0.4, -0.2) is 45.9 Å². The van der Waals surface area contributed by atoms with E-state index in [-0.39, 0.29) is 24.5 Å². The molecule has 0 aliphatic carbocycles. The standard InChI is InChI=1S/C17H19Cl2N5O4/c1-22(8-13(26)21-9-4-5-10(18)11(19)6-9)7-12(25)14-15(20)23(2)17(28)24(3)16(14)27/h4-6H,7-8,20H2,1-3H3,(H,21,26). The van der Waals surface area contributed by atoms with Crippen LogP contribution in [0.4, 0.5) is 11.5 Å². The van der Waals surface area contributed by atoms with Gasteiger partial charge in [0.05, 0.1) is 23.1 Å². The summed E-state index contributed by atoms with van der Waals surface area (Å²) in [6.07, 6.45) is 0. The molecule has 9 nitrogen and oxygen atoms in total. The summed E-state index contributed by atoms with van der Waals surface area (Å²) in [5, 5.41) is 3.29. The van der Waals surface area contributed by atoms with Crippen molar-refractivity contribution in [3.63, 3.8) is 0 Å². The minimum Gasteiger partial charge on any atom is -0.384 e. The van der Waals surface area contributed by atoms with Crippen LogP contribution < -0.4 is 22.3 Å². The molecule has 0 unspecified atom stereocenters. The number of benzene rings is 1. The molecule has 1 aromatic carbocycles. The first-order valence-corrected chi connectivity index (χ1v) is 8.80. The molecule has 0 aliphatic rings. The lowest BCUT2D eigenvalue weighted by molar-refractivity contribution is -0.116. The Balaban J connectivity index is 2.09.